The number of aromatic nitrogens is 1. The van der Waals surface area contributed by atoms with Crippen molar-refractivity contribution < 1.29 is 4.74 Å². The van der Waals surface area contributed by atoms with E-state index < -0.39 is 0 Å². The van der Waals surface area contributed by atoms with Gasteiger partial charge in [0.25, 0.3) is 0 Å². The second-order valence-electron chi connectivity index (χ2n) is 4.53. The van der Waals surface area contributed by atoms with Gasteiger partial charge in [-0.3, -0.25) is 0 Å². The molecule has 0 aliphatic carbocycles. The minimum atomic E-state index is 0.677. The van der Waals surface area contributed by atoms with Crippen LogP contribution in [0, 0.1) is 6.92 Å². The van der Waals surface area contributed by atoms with Crippen LogP contribution in [0.5, 0.6) is 0 Å². The Morgan fingerprint density at radius 2 is 1.95 bits per heavy atom. The average Bonchev–Trinajstić information content (AvgIpc) is 2.83. The first-order chi connectivity index (χ1) is 9.28. The lowest BCUT2D eigenvalue weighted by Gasteiger charge is -2.05. The number of hydrogen-bond acceptors (Lipinski definition) is 4. The fraction of sp³-hybridized carbons (Fsp3) is 0.400. The molecule has 0 aliphatic heterocycles. The summed E-state index contributed by atoms with van der Waals surface area (Å²) < 4.78 is 5.10. The monoisotopic (exact) mass is 276 g/mol. The normalized spacial score (nSPS) is 10.8. The summed E-state index contributed by atoms with van der Waals surface area (Å²) in [5.41, 5.74) is 3.70. The molecule has 1 N–H and O–H groups in total. The van der Waals surface area contributed by atoms with Gasteiger partial charge in [-0.1, -0.05) is 24.3 Å². The van der Waals surface area contributed by atoms with Crippen molar-refractivity contribution in [2.75, 3.05) is 13.7 Å². The lowest BCUT2D eigenvalue weighted by molar-refractivity contribution is 0.185. The Labute approximate surface area is 118 Å². The fourth-order valence-electron chi connectivity index (χ4n) is 1.89. The van der Waals surface area contributed by atoms with Crippen molar-refractivity contribution in [2.24, 2.45) is 0 Å². The largest absolute Gasteiger partial charge is 0.380 e. The van der Waals surface area contributed by atoms with Gasteiger partial charge in [0.05, 0.1) is 17.3 Å². The molecular weight excluding hydrogens is 256 g/mol. The topological polar surface area (TPSA) is 34.1 Å². The van der Waals surface area contributed by atoms with E-state index in [0.29, 0.717) is 6.61 Å². The molecule has 0 spiro atoms. The van der Waals surface area contributed by atoms with Crippen LogP contribution in [-0.2, 0) is 24.3 Å². The Kier molecular flexibility index (Phi) is 5.51. The lowest BCUT2D eigenvalue weighted by atomic mass is 10.1. The van der Waals surface area contributed by atoms with Crippen molar-refractivity contribution in [3.05, 3.63) is 51.5 Å². The number of nitrogens with one attached hydrogen (secondary N) is 1. The minimum absolute atomic E-state index is 0.677. The maximum absolute atomic E-state index is 5.10. The summed E-state index contributed by atoms with van der Waals surface area (Å²) in [6.07, 6.45) is 0.992. The molecule has 3 nitrogen and oxygen atoms in total. The molecule has 0 saturated carbocycles. The summed E-state index contributed by atoms with van der Waals surface area (Å²) in [6.45, 7) is 4.58. The molecule has 1 aromatic carbocycles. The molecule has 102 valence electrons. The third-order valence-electron chi connectivity index (χ3n) is 2.89. The van der Waals surface area contributed by atoms with Crippen LogP contribution in [0.2, 0.25) is 0 Å². The van der Waals surface area contributed by atoms with Gasteiger partial charge < -0.3 is 10.1 Å². The molecule has 1 aromatic heterocycles. The highest BCUT2D eigenvalue weighted by Crippen LogP contribution is 2.08. The van der Waals surface area contributed by atoms with E-state index in [-0.39, 0.29) is 0 Å². The van der Waals surface area contributed by atoms with E-state index in [0.717, 1.165) is 24.5 Å². The number of aryl methyl sites for hydroxylation is 1. The standard InChI is InChI=1S/C15H20N2OS/c1-12-17-15(11-19-12)7-8-16-9-13-3-5-14(6-4-13)10-18-2/h3-6,11,16H,7-10H2,1-2H3. The molecule has 4 heteroatoms. The van der Waals surface area contributed by atoms with Gasteiger partial charge in [-0.25, -0.2) is 4.98 Å². The van der Waals surface area contributed by atoms with Gasteiger partial charge in [-0.05, 0) is 18.1 Å². The van der Waals surface area contributed by atoms with Crippen molar-refractivity contribution >= 4 is 11.3 Å². The zero-order chi connectivity index (χ0) is 13.5. The van der Waals surface area contributed by atoms with Gasteiger partial charge in [-0.15, -0.1) is 11.3 Å². The van der Waals surface area contributed by atoms with Crippen LogP contribution in [0.15, 0.2) is 29.6 Å². The highest BCUT2D eigenvalue weighted by molar-refractivity contribution is 7.09. The highest BCUT2D eigenvalue weighted by Gasteiger charge is 1.98. The number of methoxy groups -OCH3 is 1. The molecule has 0 fully saturated rings. The molecule has 1 heterocycles. The number of benzene rings is 1. The second-order valence-corrected chi connectivity index (χ2v) is 5.60. The van der Waals surface area contributed by atoms with Crippen LogP contribution in [0.3, 0.4) is 0 Å². The molecule has 0 bridgehead atoms. The molecule has 0 saturated heterocycles. The first-order valence-corrected chi connectivity index (χ1v) is 7.34. The van der Waals surface area contributed by atoms with Gasteiger partial charge in [0.1, 0.15) is 0 Å². The van der Waals surface area contributed by atoms with E-state index in [4.69, 9.17) is 4.74 Å². The van der Waals surface area contributed by atoms with Gasteiger partial charge in [0, 0.05) is 32.0 Å². The molecule has 0 unspecified atom stereocenters. The first kappa shape index (κ1) is 14.2. The summed E-state index contributed by atoms with van der Waals surface area (Å²) in [5.74, 6) is 0. The fourth-order valence-corrected chi connectivity index (χ4v) is 2.54. The zero-order valence-corrected chi connectivity index (χ0v) is 12.3. The zero-order valence-electron chi connectivity index (χ0n) is 11.5. The Balaban J connectivity index is 1.70. The Morgan fingerprint density at radius 3 is 2.58 bits per heavy atom. The van der Waals surface area contributed by atoms with Gasteiger partial charge >= 0.3 is 0 Å². The maximum atomic E-state index is 5.10. The van der Waals surface area contributed by atoms with Gasteiger partial charge in [0.2, 0.25) is 0 Å². The van der Waals surface area contributed by atoms with Crippen molar-refractivity contribution in [3.63, 3.8) is 0 Å². The summed E-state index contributed by atoms with van der Waals surface area (Å²) in [6, 6.07) is 8.53. The van der Waals surface area contributed by atoms with Crippen molar-refractivity contribution in [2.45, 2.75) is 26.5 Å². The first-order valence-electron chi connectivity index (χ1n) is 6.46. The van der Waals surface area contributed by atoms with E-state index in [9.17, 15) is 0 Å². The van der Waals surface area contributed by atoms with E-state index >= 15 is 0 Å². The predicted octanol–water partition coefficient (Wildman–Crippen LogP) is 2.93. The van der Waals surface area contributed by atoms with E-state index in [1.807, 2.05) is 6.92 Å². The Bertz CT molecular complexity index is 493. The number of nitrogens with zero attached hydrogens (tertiary/aromatic N) is 1. The quantitative estimate of drug-likeness (QED) is 0.790. The van der Waals surface area contributed by atoms with E-state index in [2.05, 4.69) is 39.9 Å². The number of ether oxygens (including phenoxy) is 1. The smallest absolute Gasteiger partial charge is 0.0897 e. The third-order valence-corrected chi connectivity index (χ3v) is 3.71. The van der Waals surface area contributed by atoms with Crippen molar-refractivity contribution in [1.29, 1.82) is 0 Å². The summed E-state index contributed by atoms with van der Waals surface area (Å²) in [4.78, 5) is 4.45. The van der Waals surface area contributed by atoms with Crippen LogP contribution in [-0.4, -0.2) is 18.6 Å². The number of thiazole rings is 1. The molecule has 0 radical (unpaired) electrons. The minimum Gasteiger partial charge on any atom is -0.380 e. The summed E-state index contributed by atoms with van der Waals surface area (Å²) in [7, 11) is 1.72. The summed E-state index contributed by atoms with van der Waals surface area (Å²) >= 11 is 1.71. The van der Waals surface area contributed by atoms with Gasteiger partial charge in [0.15, 0.2) is 0 Å². The molecule has 2 rings (SSSR count). The highest BCUT2D eigenvalue weighted by atomic mass is 32.1. The van der Waals surface area contributed by atoms with Crippen LogP contribution in [0.4, 0.5) is 0 Å². The molecule has 0 aliphatic rings. The lowest BCUT2D eigenvalue weighted by Crippen LogP contribution is -2.16. The SMILES string of the molecule is COCc1ccc(CNCCc2csc(C)n2)cc1. The van der Waals surface area contributed by atoms with Crippen LogP contribution in [0.1, 0.15) is 21.8 Å². The van der Waals surface area contributed by atoms with Crippen molar-refractivity contribution in [3.8, 4) is 0 Å². The van der Waals surface area contributed by atoms with E-state index in [1.54, 1.807) is 18.4 Å². The molecule has 0 atom stereocenters. The molecular formula is C15H20N2OS. The average molecular weight is 276 g/mol. The summed E-state index contributed by atoms with van der Waals surface area (Å²) in [5, 5.41) is 6.72. The molecule has 0 amide bonds. The van der Waals surface area contributed by atoms with Crippen molar-refractivity contribution in [1.82, 2.24) is 10.3 Å². The Hall–Kier alpha value is -1.23. The molecule has 19 heavy (non-hydrogen) atoms. The third kappa shape index (κ3) is 4.74. The van der Waals surface area contributed by atoms with Crippen LogP contribution in [0.25, 0.3) is 0 Å². The maximum Gasteiger partial charge on any atom is 0.0897 e. The second kappa shape index (κ2) is 7.38. The Morgan fingerprint density at radius 1 is 1.21 bits per heavy atom. The number of rotatable bonds is 7. The van der Waals surface area contributed by atoms with E-state index in [1.165, 1.54) is 16.8 Å². The van der Waals surface area contributed by atoms with Crippen LogP contribution < -0.4 is 5.32 Å². The van der Waals surface area contributed by atoms with Gasteiger partial charge in [-0.2, -0.15) is 0 Å². The van der Waals surface area contributed by atoms with Crippen LogP contribution >= 0.6 is 11.3 Å². The predicted molar refractivity (Wildman–Crippen MR) is 79.4 cm³/mol. The molecule has 2 aromatic rings. The number of hydrogen-bond donors (Lipinski definition) is 1.